The zero-order chi connectivity index (χ0) is 13.7. The number of hydrogen-bond donors (Lipinski definition) is 2. The molecule has 0 spiro atoms. The summed E-state index contributed by atoms with van der Waals surface area (Å²) in [5.74, 6) is 0.0256. The first-order valence-electron chi connectivity index (χ1n) is 6.97. The van der Waals surface area contributed by atoms with E-state index in [9.17, 15) is 4.79 Å². The molecule has 1 aliphatic rings. The third-order valence-corrected chi connectivity index (χ3v) is 3.72. The van der Waals surface area contributed by atoms with Gasteiger partial charge in [-0.1, -0.05) is 12.1 Å². The van der Waals surface area contributed by atoms with Gasteiger partial charge < -0.3 is 15.7 Å². The summed E-state index contributed by atoms with van der Waals surface area (Å²) in [7, 11) is 0. The second-order valence-electron chi connectivity index (χ2n) is 5.05. The zero-order valence-corrected chi connectivity index (χ0v) is 11.2. The van der Waals surface area contributed by atoms with E-state index in [-0.39, 0.29) is 12.5 Å². The second kappa shape index (κ2) is 6.68. The SMILES string of the molecule is NCCc1cccc(C(=O)N(CCO)C2CCC2)c1. The Morgan fingerprint density at radius 1 is 1.42 bits per heavy atom. The minimum atomic E-state index is 0.0186. The van der Waals surface area contributed by atoms with Crippen molar-refractivity contribution < 1.29 is 9.90 Å². The Hall–Kier alpha value is -1.39. The fourth-order valence-corrected chi connectivity index (χ4v) is 2.45. The predicted molar refractivity (Wildman–Crippen MR) is 75.0 cm³/mol. The molecule has 0 radical (unpaired) electrons. The number of nitrogens with two attached hydrogens (primary N) is 1. The third kappa shape index (κ3) is 3.33. The van der Waals surface area contributed by atoms with Gasteiger partial charge in [-0.15, -0.1) is 0 Å². The molecule has 1 aromatic rings. The van der Waals surface area contributed by atoms with E-state index in [4.69, 9.17) is 10.8 Å². The molecule has 3 N–H and O–H groups in total. The van der Waals surface area contributed by atoms with Crippen LogP contribution in [0.2, 0.25) is 0 Å². The summed E-state index contributed by atoms with van der Waals surface area (Å²) in [6.45, 7) is 1.02. The van der Waals surface area contributed by atoms with Crippen LogP contribution in [0.5, 0.6) is 0 Å². The summed E-state index contributed by atoms with van der Waals surface area (Å²) < 4.78 is 0. The van der Waals surface area contributed by atoms with Gasteiger partial charge in [0, 0.05) is 18.2 Å². The number of carbonyl (C=O) groups is 1. The van der Waals surface area contributed by atoms with Crippen LogP contribution in [0.4, 0.5) is 0 Å². The van der Waals surface area contributed by atoms with Gasteiger partial charge in [-0.2, -0.15) is 0 Å². The van der Waals surface area contributed by atoms with Crippen LogP contribution in [0.1, 0.15) is 35.2 Å². The maximum atomic E-state index is 12.5. The molecule has 4 nitrogen and oxygen atoms in total. The zero-order valence-electron chi connectivity index (χ0n) is 11.2. The second-order valence-corrected chi connectivity index (χ2v) is 5.05. The molecule has 1 fully saturated rings. The van der Waals surface area contributed by atoms with Crippen molar-refractivity contribution in [3.63, 3.8) is 0 Å². The summed E-state index contributed by atoms with van der Waals surface area (Å²) in [4.78, 5) is 14.3. The molecular weight excluding hydrogens is 240 g/mol. The Balaban J connectivity index is 2.13. The molecule has 0 unspecified atom stereocenters. The van der Waals surface area contributed by atoms with E-state index in [0.717, 1.165) is 24.8 Å². The number of rotatable bonds is 6. The number of aliphatic hydroxyl groups excluding tert-OH is 1. The molecule has 0 saturated heterocycles. The van der Waals surface area contributed by atoms with Gasteiger partial charge in [0.05, 0.1) is 6.61 Å². The first-order valence-corrected chi connectivity index (χ1v) is 6.97. The van der Waals surface area contributed by atoms with E-state index in [1.165, 1.54) is 6.42 Å². The van der Waals surface area contributed by atoms with Crippen LogP contribution >= 0.6 is 0 Å². The van der Waals surface area contributed by atoms with Crippen molar-refractivity contribution in [2.24, 2.45) is 5.73 Å². The lowest BCUT2D eigenvalue weighted by Crippen LogP contribution is -2.45. The van der Waals surface area contributed by atoms with Gasteiger partial charge in [-0.05, 0) is 49.9 Å². The van der Waals surface area contributed by atoms with Crippen LogP contribution in [-0.2, 0) is 6.42 Å². The van der Waals surface area contributed by atoms with Crippen molar-refractivity contribution in [2.45, 2.75) is 31.7 Å². The summed E-state index contributed by atoms with van der Waals surface area (Å²) in [5.41, 5.74) is 7.33. The molecule has 1 aliphatic carbocycles. The molecule has 0 aromatic heterocycles. The lowest BCUT2D eigenvalue weighted by molar-refractivity contribution is 0.0525. The smallest absolute Gasteiger partial charge is 0.254 e. The Kier molecular flexibility index (Phi) is 4.93. The fourth-order valence-electron chi connectivity index (χ4n) is 2.45. The van der Waals surface area contributed by atoms with E-state index >= 15 is 0 Å². The molecule has 1 aromatic carbocycles. The van der Waals surface area contributed by atoms with Crippen molar-refractivity contribution in [2.75, 3.05) is 19.7 Å². The Morgan fingerprint density at radius 2 is 2.21 bits per heavy atom. The highest BCUT2D eigenvalue weighted by molar-refractivity contribution is 5.94. The van der Waals surface area contributed by atoms with Crippen molar-refractivity contribution >= 4 is 5.91 Å². The van der Waals surface area contributed by atoms with E-state index in [1.807, 2.05) is 29.2 Å². The molecule has 19 heavy (non-hydrogen) atoms. The first-order chi connectivity index (χ1) is 9.26. The molecule has 2 rings (SSSR count). The lowest BCUT2D eigenvalue weighted by Gasteiger charge is -2.37. The maximum Gasteiger partial charge on any atom is 0.254 e. The molecule has 0 atom stereocenters. The topological polar surface area (TPSA) is 66.6 Å². The average molecular weight is 262 g/mol. The summed E-state index contributed by atoms with van der Waals surface area (Å²) in [5, 5.41) is 9.13. The Bertz CT molecular complexity index is 430. The highest BCUT2D eigenvalue weighted by Gasteiger charge is 2.28. The van der Waals surface area contributed by atoms with Crippen LogP contribution < -0.4 is 5.73 Å². The Labute approximate surface area is 114 Å². The normalized spacial score (nSPS) is 15.1. The van der Waals surface area contributed by atoms with Gasteiger partial charge in [0.1, 0.15) is 0 Å². The minimum Gasteiger partial charge on any atom is -0.395 e. The van der Waals surface area contributed by atoms with E-state index in [0.29, 0.717) is 24.7 Å². The molecule has 4 heteroatoms. The van der Waals surface area contributed by atoms with Crippen LogP contribution in [0.15, 0.2) is 24.3 Å². The monoisotopic (exact) mass is 262 g/mol. The molecule has 1 amide bonds. The largest absolute Gasteiger partial charge is 0.395 e. The Morgan fingerprint density at radius 3 is 2.79 bits per heavy atom. The number of amides is 1. The molecule has 0 bridgehead atoms. The molecule has 0 heterocycles. The van der Waals surface area contributed by atoms with Crippen LogP contribution in [0.3, 0.4) is 0 Å². The van der Waals surface area contributed by atoms with Gasteiger partial charge in [-0.3, -0.25) is 4.79 Å². The van der Waals surface area contributed by atoms with Crippen molar-refractivity contribution in [1.29, 1.82) is 0 Å². The summed E-state index contributed by atoms with van der Waals surface area (Å²) >= 11 is 0. The molecule has 0 aliphatic heterocycles. The average Bonchev–Trinajstić information content (AvgIpc) is 2.36. The summed E-state index contributed by atoms with van der Waals surface area (Å²) in [6.07, 6.45) is 4.06. The van der Waals surface area contributed by atoms with Crippen LogP contribution in [0.25, 0.3) is 0 Å². The number of hydrogen-bond acceptors (Lipinski definition) is 3. The van der Waals surface area contributed by atoms with Gasteiger partial charge >= 0.3 is 0 Å². The number of nitrogens with zero attached hydrogens (tertiary/aromatic N) is 1. The first kappa shape index (κ1) is 14.0. The highest BCUT2D eigenvalue weighted by atomic mass is 16.3. The quantitative estimate of drug-likeness (QED) is 0.809. The van der Waals surface area contributed by atoms with Crippen LogP contribution in [0, 0.1) is 0 Å². The van der Waals surface area contributed by atoms with E-state index < -0.39 is 0 Å². The molecule has 1 saturated carbocycles. The molecule has 104 valence electrons. The fraction of sp³-hybridized carbons (Fsp3) is 0.533. The van der Waals surface area contributed by atoms with Gasteiger partial charge in [0.15, 0.2) is 0 Å². The third-order valence-electron chi connectivity index (χ3n) is 3.72. The van der Waals surface area contributed by atoms with Gasteiger partial charge in [0.2, 0.25) is 0 Å². The van der Waals surface area contributed by atoms with E-state index in [2.05, 4.69) is 0 Å². The predicted octanol–water partition coefficient (Wildman–Crippen LogP) is 1.17. The van der Waals surface area contributed by atoms with Crippen molar-refractivity contribution in [1.82, 2.24) is 4.90 Å². The highest BCUT2D eigenvalue weighted by Crippen LogP contribution is 2.26. The van der Waals surface area contributed by atoms with Gasteiger partial charge in [-0.25, -0.2) is 0 Å². The minimum absolute atomic E-state index is 0.0186. The number of benzene rings is 1. The van der Waals surface area contributed by atoms with Crippen molar-refractivity contribution in [3.05, 3.63) is 35.4 Å². The number of aliphatic hydroxyl groups is 1. The summed E-state index contributed by atoms with van der Waals surface area (Å²) in [6, 6.07) is 7.95. The lowest BCUT2D eigenvalue weighted by atomic mass is 9.91. The van der Waals surface area contributed by atoms with E-state index in [1.54, 1.807) is 0 Å². The van der Waals surface area contributed by atoms with Gasteiger partial charge in [0.25, 0.3) is 5.91 Å². The van der Waals surface area contributed by atoms with Crippen LogP contribution in [-0.4, -0.2) is 41.7 Å². The maximum absolute atomic E-state index is 12.5. The number of carbonyl (C=O) groups excluding carboxylic acids is 1. The van der Waals surface area contributed by atoms with Crippen molar-refractivity contribution in [3.8, 4) is 0 Å². The molecular formula is C15H22N2O2. The standard InChI is InChI=1S/C15H22N2O2/c16-8-7-12-3-1-4-13(11-12)15(19)17(9-10-18)14-5-2-6-14/h1,3-4,11,14,18H,2,5-10,16H2.